The summed E-state index contributed by atoms with van der Waals surface area (Å²) < 4.78 is 5.25. The van der Waals surface area contributed by atoms with Crippen molar-refractivity contribution in [3.63, 3.8) is 0 Å². The minimum Gasteiger partial charge on any atom is -0.308 e. The Hall–Kier alpha value is -6.10. The molecule has 1 saturated carbocycles. The summed E-state index contributed by atoms with van der Waals surface area (Å²) >= 11 is 1.95. The molecule has 51 heavy (non-hydrogen) atoms. The van der Waals surface area contributed by atoms with E-state index in [1.54, 1.807) is 5.56 Å². The quantitative estimate of drug-likeness (QED) is 0.176. The highest BCUT2D eigenvalue weighted by Crippen LogP contribution is 2.59. The molecule has 10 aromatic rings. The minimum absolute atomic E-state index is 0.621. The Morgan fingerprint density at radius 1 is 0.608 bits per heavy atom. The number of benzene rings is 7. The number of para-hydroxylation sites is 1. The van der Waals surface area contributed by atoms with Gasteiger partial charge in [0.05, 0.1) is 26.9 Å². The maximum atomic E-state index is 5.25. The molecule has 2 unspecified atom stereocenters. The second-order valence-corrected chi connectivity index (χ2v) is 15.1. The van der Waals surface area contributed by atoms with Gasteiger partial charge in [-0.1, -0.05) is 109 Å². The van der Waals surface area contributed by atoms with Crippen LogP contribution in [0.3, 0.4) is 0 Å². The van der Waals surface area contributed by atoms with Gasteiger partial charge >= 0.3 is 0 Å². The number of hydrogen-bond donors (Lipinski definition) is 0. The molecule has 1 fully saturated rings. The first-order chi connectivity index (χ1) is 25.3. The zero-order chi connectivity index (χ0) is 33.2. The monoisotopic (exact) mass is 667 g/mol. The first kappa shape index (κ1) is 27.7. The second kappa shape index (κ2) is 10.2. The molecule has 2 atom stereocenters. The van der Waals surface area contributed by atoms with E-state index < -0.39 is 0 Å². The highest BCUT2D eigenvalue weighted by molar-refractivity contribution is 7.26. The molecule has 3 heterocycles. The van der Waals surface area contributed by atoms with Crippen molar-refractivity contribution in [1.82, 2.24) is 14.5 Å². The van der Waals surface area contributed by atoms with Gasteiger partial charge in [0.15, 0.2) is 5.82 Å². The molecule has 3 aromatic heterocycles. The molecule has 2 aliphatic carbocycles. The van der Waals surface area contributed by atoms with Crippen LogP contribution in [0.5, 0.6) is 0 Å². The van der Waals surface area contributed by atoms with E-state index in [-0.39, 0.29) is 0 Å². The summed E-state index contributed by atoms with van der Waals surface area (Å²) in [6, 6.07) is 50.2. The molecule has 0 saturated heterocycles. The molecule has 0 amide bonds. The second-order valence-electron chi connectivity index (χ2n) is 14.1. The van der Waals surface area contributed by atoms with Gasteiger partial charge in [0.25, 0.3) is 0 Å². The maximum Gasteiger partial charge on any atom is 0.160 e. The van der Waals surface area contributed by atoms with E-state index in [0.717, 1.165) is 44.6 Å². The topological polar surface area (TPSA) is 30.7 Å². The van der Waals surface area contributed by atoms with Gasteiger partial charge in [0.2, 0.25) is 0 Å². The third-order valence-electron chi connectivity index (χ3n) is 11.3. The molecule has 3 nitrogen and oxygen atoms in total. The molecule has 0 radical (unpaired) electrons. The Morgan fingerprint density at radius 2 is 1.37 bits per heavy atom. The molecular weight excluding hydrogens is 639 g/mol. The molecule has 2 aliphatic rings. The van der Waals surface area contributed by atoms with Crippen molar-refractivity contribution in [2.75, 3.05) is 0 Å². The lowest BCUT2D eigenvalue weighted by Crippen LogP contribution is -1.99. The molecule has 0 aliphatic heterocycles. The van der Waals surface area contributed by atoms with Crippen LogP contribution in [0.4, 0.5) is 0 Å². The van der Waals surface area contributed by atoms with Gasteiger partial charge < -0.3 is 4.57 Å². The summed E-state index contributed by atoms with van der Waals surface area (Å²) in [6.07, 6.45) is 6.15. The van der Waals surface area contributed by atoms with E-state index in [4.69, 9.17) is 9.97 Å². The zero-order valence-electron chi connectivity index (χ0n) is 27.5. The van der Waals surface area contributed by atoms with Crippen LogP contribution >= 0.6 is 11.3 Å². The van der Waals surface area contributed by atoms with Gasteiger partial charge in [0.1, 0.15) is 0 Å². The number of aromatic nitrogens is 3. The summed E-state index contributed by atoms with van der Waals surface area (Å²) in [6.45, 7) is 0. The normalized spacial score (nSPS) is 16.5. The van der Waals surface area contributed by atoms with Crippen molar-refractivity contribution < 1.29 is 0 Å². The number of thiophene rings is 1. The molecular formula is C47H29N3S. The molecule has 4 heteroatoms. The van der Waals surface area contributed by atoms with E-state index in [0.29, 0.717) is 11.8 Å². The number of nitrogens with zero attached hydrogens (tertiary/aromatic N) is 3. The lowest BCUT2D eigenvalue weighted by molar-refractivity contribution is 1.01. The highest BCUT2D eigenvalue weighted by atomic mass is 32.1. The van der Waals surface area contributed by atoms with Crippen LogP contribution in [-0.2, 0) is 0 Å². The lowest BCUT2D eigenvalue weighted by atomic mass is 9.89. The number of allylic oxidation sites excluding steroid dienone is 1. The summed E-state index contributed by atoms with van der Waals surface area (Å²) in [5, 5.41) is 8.92. The van der Waals surface area contributed by atoms with Crippen LogP contribution in [0.2, 0.25) is 0 Å². The minimum atomic E-state index is 0.621. The fourth-order valence-corrected chi connectivity index (χ4v) is 10.1. The van der Waals surface area contributed by atoms with E-state index in [1.165, 1.54) is 59.3 Å². The molecule has 7 aromatic carbocycles. The number of fused-ring (bicyclic) bond motifs is 15. The molecule has 0 spiro atoms. The Morgan fingerprint density at radius 3 is 2.25 bits per heavy atom. The van der Waals surface area contributed by atoms with Crippen molar-refractivity contribution >= 4 is 81.1 Å². The fraction of sp³-hybridized carbons (Fsp3) is 0.0638. The van der Waals surface area contributed by atoms with Crippen LogP contribution in [0.25, 0.3) is 98.1 Å². The fourth-order valence-electron chi connectivity index (χ4n) is 8.85. The Labute approximate surface area is 297 Å². The molecule has 12 rings (SSSR count). The summed E-state index contributed by atoms with van der Waals surface area (Å²) in [7, 11) is 0. The van der Waals surface area contributed by atoms with E-state index in [1.807, 2.05) is 11.3 Å². The summed E-state index contributed by atoms with van der Waals surface area (Å²) in [5.41, 5.74) is 10.7. The average molecular weight is 668 g/mol. The molecule has 0 bridgehead atoms. The van der Waals surface area contributed by atoms with Gasteiger partial charge in [-0.2, -0.15) is 0 Å². The zero-order valence-corrected chi connectivity index (χ0v) is 28.4. The van der Waals surface area contributed by atoms with Crippen molar-refractivity contribution in [1.29, 1.82) is 0 Å². The first-order valence-corrected chi connectivity index (χ1v) is 18.6. The van der Waals surface area contributed by atoms with Gasteiger partial charge in [0, 0.05) is 53.8 Å². The Bertz CT molecular complexity index is 3110. The van der Waals surface area contributed by atoms with Crippen molar-refractivity contribution in [2.24, 2.45) is 5.92 Å². The van der Waals surface area contributed by atoms with E-state index in [9.17, 15) is 0 Å². The van der Waals surface area contributed by atoms with Crippen LogP contribution < -0.4 is 0 Å². The lowest BCUT2D eigenvalue weighted by Gasteiger charge is -2.16. The van der Waals surface area contributed by atoms with Crippen molar-refractivity contribution in [3.8, 4) is 28.3 Å². The van der Waals surface area contributed by atoms with Crippen LogP contribution in [0, 0.1) is 5.92 Å². The molecule has 238 valence electrons. The first-order valence-electron chi connectivity index (χ1n) is 17.7. The third-order valence-corrected chi connectivity index (χ3v) is 12.4. The third kappa shape index (κ3) is 3.88. The predicted molar refractivity (Wildman–Crippen MR) is 215 cm³/mol. The van der Waals surface area contributed by atoms with Crippen LogP contribution in [-0.4, -0.2) is 14.5 Å². The van der Waals surface area contributed by atoms with Crippen LogP contribution in [0.1, 0.15) is 23.5 Å². The van der Waals surface area contributed by atoms with Crippen molar-refractivity contribution in [2.45, 2.75) is 12.3 Å². The molecule has 0 N–H and O–H groups in total. The van der Waals surface area contributed by atoms with Gasteiger partial charge in [-0.25, -0.2) is 9.97 Å². The van der Waals surface area contributed by atoms with Crippen LogP contribution in [0.15, 0.2) is 146 Å². The van der Waals surface area contributed by atoms with E-state index >= 15 is 0 Å². The van der Waals surface area contributed by atoms with Crippen molar-refractivity contribution in [3.05, 3.63) is 157 Å². The SMILES string of the molecule is C1=CC2CC2c2c1c1c3ccccc3n(-c3ccc(-c4nc(-c5ccccc5)c5ccc6ccccc6c5n4)cc3)c1c1sc3ccccc3c21. The summed E-state index contributed by atoms with van der Waals surface area (Å²) in [4.78, 5) is 10.5. The van der Waals surface area contributed by atoms with E-state index in [2.05, 4.69) is 156 Å². The maximum absolute atomic E-state index is 5.25. The summed E-state index contributed by atoms with van der Waals surface area (Å²) in [5.74, 6) is 2.03. The number of hydrogen-bond acceptors (Lipinski definition) is 3. The average Bonchev–Trinajstić information content (AvgIpc) is 3.78. The van der Waals surface area contributed by atoms with Gasteiger partial charge in [-0.3, -0.25) is 0 Å². The Balaban J connectivity index is 1.11. The largest absolute Gasteiger partial charge is 0.308 e. The highest BCUT2D eigenvalue weighted by Gasteiger charge is 2.42. The Kier molecular flexibility index (Phi) is 5.55. The van der Waals surface area contributed by atoms with Gasteiger partial charge in [-0.15, -0.1) is 11.3 Å². The standard InChI is InChI=1S/C47H29N3S/c1-2-11-28(12-3-1)43-36-25-20-27-10-4-5-13-32(27)44(36)49-47(48-43)29-18-22-31(23-19-29)50-38-16-8-6-14-33(38)41-35-24-21-30-26-37(30)40(35)42-34-15-7-9-17-39(34)51-46(42)45(41)50/h1-25,30,37H,26H2. The van der Waals surface area contributed by atoms with Gasteiger partial charge in [-0.05, 0) is 77.2 Å². The number of rotatable bonds is 3. The predicted octanol–water partition coefficient (Wildman–Crippen LogP) is 12.7. The smallest absolute Gasteiger partial charge is 0.160 e.